The molecule has 22 heavy (non-hydrogen) atoms. The second-order valence-corrected chi connectivity index (χ2v) is 4.65. The molecule has 1 amide bonds. The number of halogens is 2. The van der Waals surface area contributed by atoms with Crippen molar-refractivity contribution in [1.29, 1.82) is 0 Å². The normalized spacial score (nSPS) is 11.6. The predicted molar refractivity (Wildman–Crippen MR) is 81.1 cm³/mol. The summed E-state index contributed by atoms with van der Waals surface area (Å²) < 4.78 is 32.2. The summed E-state index contributed by atoms with van der Waals surface area (Å²) in [6, 6.07) is 9.74. The second-order valence-electron chi connectivity index (χ2n) is 4.65. The Morgan fingerprint density at radius 1 is 1.09 bits per heavy atom. The van der Waals surface area contributed by atoms with Gasteiger partial charge in [0.25, 0.3) is 0 Å². The number of anilines is 2. The Kier molecular flexibility index (Phi) is 4.93. The lowest BCUT2D eigenvalue weighted by atomic mass is 10.2. The molecule has 2 N–H and O–H groups in total. The number of carbonyl (C=O) groups is 1. The highest BCUT2D eigenvalue weighted by molar-refractivity contribution is 5.96. The number of amides is 1. The van der Waals surface area contributed by atoms with Gasteiger partial charge in [-0.3, -0.25) is 4.79 Å². The van der Waals surface area contributed by atoms with Crippen LogP contribution in [0.4, 0.5) is 20.2 Å². The quantitative estimate of drug-likeness (QED) is 0.890. The van der Waals surface area contributed by atoms with Crippen molar-refractivity contribution in [2.24, 2.45) is 0 Å². The molecule has 0 spiro atoms. The molecule has 6 heteroatoms. The molecule has 0 aliphatic rings. The number of ether oxygens (including phenoxy) is 1. The lowest BCUT2D eigenvalue weighted by Gasteiger charge is -2.17. The first kappa shape index (κ1) is 15.8. The first-order valence-electron chi connectivity index (χ1n) is 6.67. The van der Waals surface area contributed by atoms with Gasteiger partial charge >= 0.3 is 0 Å². The maximum atomic E-state index is 13.5. The standard InChI is InChI=1S/C16H16F2N2O2/c1-10(19-13-8-3-4-9-14(13)22-2)16(21)20-15-11(17)6-5-7-12(15)18/h3-10,19H,1-2H3,(H,20,21)/t10-/m1/s1. The van der Waals surface area contributed by atoms with Crippen LogP contribution in [0.1, 0.15) is 6.92 Å². The maximum absolute atomic E-state index is 13.5. The van der Waals surface area contributed by atoms with Crippen LogP contribution in [0.5, 0.6) is 5.75 Å². The molecule has 0 fully saturated rings. The van der Waals surface area contributed by atoms with E-state index in [0.29, 0.717) is 11.4 Å². The van der Waals surface area contributed by atoms with Crippen LogP contribution in [0.3, 0.4) is 0 Å². The third kappa shape index (κ3) is 3.52. The number of hydrogen-bond acceptors (Lipinski definition) is 3. The first-order chi connectivity index (χ1) is 10.5. The molecule has 1 atom stereocenters. The van der Waals surface area contributed by atoms with Crippen LogP contribution in [0, 0.1) is 11.6 Å². The third-order valence-electron chi connectivity index (χ3n) is 3.08. The van der Waals surface area contributed by atoms with E-state index < -0.39 is 29.3 Å². The molecule has 4 nitrogen and oxygen atoms in total. The molecular formula is C16H16F2N2O2. The van der Waals surface area contributed by atoms with Crippen LogP contribution in [-0.2, 0) is 4.79 Å². The highest BCUT2D eigenvalue weighted by atomic mass is 19.1. The fourth-order valence-corrected chi connectivity index (χ4v) is 1.91. The van der Waals surface area contributed by atoms with E-state index in [1.807, 2.05) is 0 Å². The van der Waals surface area contributed by atoms with E-state index in [-0.39, 0.29) is 0 Å². The average molecular weight is 306 g/mol. The molecule has 0 aliphatic heterocycles. The minimum Gasteiger partial charge on any atom is -0.495 e. The zero-order valence-electron chi connectivity index (χ0n) is 12.2. The Bertz CT molecular complexity index is 657. The number of para-hydroxylation sites is 3. The summed E-state index contributed by atoms with van der Waals surface area (Å²) in [7, 11) is 1.51. The van der Waals surface area contributed by atoms with E-state index >= 15 is 0 Å². The van der Waals surface area contributed by atoms with Crippen molar-refractivity contribution < 1.29 is 18.3 Å². The molecule has 0 heterocycles. The summed E-state index contributed by atoms with van der Waals surface area (Å²) in [6.45, 7) is 1.58. The van der Waals surface area contributed by atoms with Gasteiger partial charge in [0.2, 0.25) is 5.91 Å². The van der Waals surface area contributed by atoms with Gasteiger partial charge in [0.05, 0.1) is 12.8 Å². The van der Waals surface area contributed by atoms with Crippen molar-refractivity contribution >= 4 is 17.3 Å². The molecule has 0 saturated carbocycles. The van der Waals surface area contributed by atoms with Gasteiger partial charge in [-0.1, -0.05) is 18.2 Å². The average Bonchev–Trinajstić information content (AvgIpc) is 2.51. The van der Waals surface area contributed by atoms with Gasteiger partial charge in [0.15, 0.2) is 0 Å². The molecule has 2 aromatic carbocycles. The number of hydrogen-bond donors (Lipinski definition) is 2. The number of benzene rings is 2. The summed E-state index contributed by atoms with van der Waals surface area (Å²) in [6.07, 6.45) is 0. The van der Waals surface area contributed by atoms with Gasteiger partial charge < -0.3 is 15.4 Å². The number of nitrogens with one attached hydrogen (secondary N) is 2. The topological polar surface area (TPSA) is 50.4 Å². The number of rotatable bonds is 5. The summed E-state index contributed by atoms with van der Waals surface area (Å²) in [5.41, 5.74) is 0.155. The van der Waals surface area contributed by atoms with Crippen molar-refractivity contribution in [3.63, 3.8) is 0 Å². The fraction of sp³-hybridized carbons (Fsp3) is 0.188. The van der Waals surface area contributed by atoms with E-state index in [9.17, 15) is 13.6 Å². The molecule has 0 aliphatic carbocycles. The number of methoxy groups -OCH3 is 1. The van der Waals surface area contributed by atoms with Crippen LogP contribution >= 0.6 is 0 Å². The molecular weight excluding hydrogens is 290 g/mol. The summed E-state index contributed by atoms with van der Waals surface area (Å²) in [4.78, 5) is 12.1. The molecule has 0 bridgehead atoms. The Labute approximate surface area is 127 Å². The largest absolute Gasteiger partial charge is 0.495 e. The molecule has 0 saturated heterocycles. The van der Waals surface area contributed by atoms with Gasteiger partial charge in [-0.05, 0) is 31.2 Å². The van der Waals surface area contributed by atoms with Crippen molar-refractivity contribution in [1.82, 2.24) is 0 Å². The summed E-state index contributed by atoms with van der Waals surface area (Å²) in [5, 5.41) is 5.18. The van der Waals surface area contributed by atoms with Crippen molar-refractivity contribution in [2.45, 2.75) is 13.0 Å². The number of carbonyl (C=O) groups excluding carboxylic acids is 1. The van der Waals surface area contributed by atoms with Crippen molar-refractivity contribution in [2.75, 3.05) is 17.7 Å². The summed E-state index contributed by atoms with van der Waals surface area (Å²) in [5.74, 6) is -1.63. The third-order valence-corrected chi connectivity index (χ3v) is 3.08. The highest BCUT2D eigenvalue weighted by Crippen LogP contribution is 2.24. The van der Waals surface area contributed by atoms with Gasteiger partial charge in [-0.2, -0.15) is 0 Å². The van der Waals surface area contributed by atoms with Gasteiger partial charge in [0.1, 0.15) is 29.1 Å². The fourth-order valence-electron chi connectivity index (χ4n) is 1.91. The van der Waals surface area contributed by atoms with Gasteiger partial charge in [-0.15, -0.1) is 0 Å². The molecule has 0 unspecified atom stereocenters. The Hall–Kier alpha value is -2.63. The minimum absolute atomic E-state index is 0.457. The lowest BCUT2D eigenvalue weighted by Crippen LogP contribution is -2.32. The second kappa shape index (κ2) is 6.89. The zero-order chi connectivity index (χ0) is 16.1. The maximum Gasteiger partial charge on any atom is 0.246 e. The van der Waals surface area contributed by atoms with Gasteiger partial charge in [0, 0.05) is 0 Å². The van der Waals surface area contributed by atoms with Crippen LogP contribution in [0.2, 0.25) is 0 Å². The summed E-state index contributed by atoms with van der Waals surface area (Å²) >= 11 is 0. The van der Waals surface area contributed by atoms with Crippen LogP contribution in [-0.4, -0.2) is 19.1 Å². The minimum atomic E-state index is -0.821. The molecule has 0 aromatic heterocycles. The van der Waals surface area contributed by atoms with E-state index in [2.05, 4.69) is 10.6 Å². The van der Waals surface area contributed by atoms with E-state index in [1.54, 1.807) is 31.2 Å². The molecule has 0 radical (unpaired) electrons. The SMILES string of the molecule is COc1ccccc1N[C@H](C)C(=O)Nc1c(F)cccc1F. The predicted octanol–water partition coefficient (Wildman–Crippen LogP) is 3.41. The van der Waals surface area contributed by atoms with Crippen molar-refractivity contribution in [3.8, 4) is 5.75 Å². The smallest absolute Gasteiger partial charge is 0.246 e. The van der Waals surface area contributed by atoms with Crippen LogP contribution < -0.4 is 15.4 Å². The van der Waals surface area contributed by atoms with E-state index in [4.69, 9.17) is 4.74 Å². The Balaban J connectivity index is 2.10. The molecule has 116 valence electrons. The van der Waals surface area contributed by atoms with Crippen molar-refractivity contribution in [3.05, 3.63) is 54.1 Å². The Morgan fingerprint density at radius 2 is 1.73 bits per heavy atom. The van der Waals surface area contributed by atoms with E-state index in [0.717, 1.165) is 12.1 Å². The van der Waals surface area contributed by atoms with Crippen LogP contribution in [0.15, 0.2) is 42.5 Å². The first-order valence-corrected chi connectivity index (χ1v) is 6.67. The van der Waals surface area contributed by atoms with E-state index in [1.165, 1.54) is 13.2 Å². The molecule has 2 aromatic rings. The monoisotopic (exact) mass is 306 g/mol. The highest BCUT2D eigenvalue weighted by Gasteiger charge is 2.18. The molecule has 2 rings (SSSR count). The Morgan fingerprint density at radius 3 is 2.36 bits per heavy atom. The lowest BCUT2D eigenvalue weighted by molar-refractivity contribution is -0.116. The van der Waals surface area contributed by atoms with Gasteiger partial charge in [-0.25, -0.2) is 8.78 Å². The van der Waals surface area contributed by atoms with Crippen LogP contribution in [0.25, 0.3) is 0 Å². The zero-order valence-corrected chi connectivity index (χ0v) is 12.2.